The van der Waals surface area contributed by atoms with E-state index in [2.05, 4.69) is 5.32 Å². The van der Waals surface area contributed by atoms with Crippen molar-refractivity contribution in [3.63, 3.8) is 0 Å². The van der Waals surface area contributed by atoms with E-state index in [1.165, 1.54) is 36.2 Å². The quantitative estimate of drug-likeness (QED) is 0.361. The van der Waals surface area contributed by atoms with Crippen LogP contribution < -0.4 is 9.62 Å². The zero-order chi connectivity index (χ0) is 28.8. The Balaban J connectivity index is 2.13. The minimum absolute atomic E-state index is 0.0285. The minimum atomic E-state index is -4.87. The van der Waals surface area contributed by atoms with E-state index >= 15 is 0 Å². The number of halogens is 4. The summed E-state index contributed by atoms with van der Waals surface area (Å²) in [4.78, 5) is 27.4. The molecule has 0 heterocycles. The summed E-state index contributed by atoms with van der Waals surface area (Å²) in [7, 11) is -3.10. The second-order valence-electron chi connectivity index (χ2n) is 8.53. The number of benzene rings is 3. The van der Waals surface area contributed by atoms with Gasteiger partial charge in [0.2, 0.25) is 11.8 Å². The minimum Gasteiger partial charge on any atom is -0.357 e. The van der Waals surface area contributed by atoms with Crippen LogP contribution in [0.15, 0.2) is 83.8 Å². The van der Waals surface area contributed by atoms with Crippen molar-refractivity contribution in [3.8, 4) is 0 Å². The molecule has 3 aromatic rings. The first-order valence-corrected chi connectivity index (χ1v) is 13.7. The topological polar surface area (TPSA) is 86.8 Å². The van der Waals surface area contributed by atoms with Gasteiger partial charge in [-0.05, 0) is 42.3 Å². The number of hydrogen-bond donors (Lipinski definition) is 1. The number of nitrogens with zero attached hydrogens (tertiary/aromatic N) is 2. The molecule has 0 unspecified atom stereocenters. The molecule has 208 valence electrons. The standard InChI is InChI=1S/C27H27ClF3N3O4S/c1-3-24(26(36)32-2)33(17-19-10-6-4-7-11-19)25(35)18-34(39(37,38)21-12-8-5-9-13-21)20-14-15-23(28)22(16-20)27(29,30)31/h4-16,24H,3,17-18H2,1-2H3,(H,32,36)/t24-/m0/s1. The van der Waals surface area contributed by atoms with Gasteiger partial charge in [0.25, 0.3) is 10.0 Å². The molecule has 1 N–H and O–H groups in total. The summed E-state index contributed by atoms with van der Waals surface area (Å²) in [5.41, 5.74) is -0.978. The van der Waals surface area contributed by atoms with E-state index in [4.69, 9.17) is 11.6 Å². The zero-order valence-electron chi connectivity index (χ0n) is 21.2. The number of nitrogens with one attached hydrogen (secondary N) is 1. The highest BCUT2D eigenvalue weighted by atomic mass is 35.5. The van der Waals surface area contributed by atoms with Crippen LogP contribution in [0.5, 0.6) is 0 Å². The normalized spacial score (nSPS) is 12.5. The largest absolute Gasteiger partial charge is 0.417 e. The van der Waals surface area contributed by atoms with Gasteiger partial charge < -0.3 is 10.2 Å². The van der Waals surface area contributed by atoms with Crippen molar-refractivity contribution in [3.05, 3.63) is 95.0 Å². The third kappa shape index (κ3) is 7.10. The molecule has 0 aromatic heterocycles. The van der Waals surface area contributed by atoms with Crippen LogP contribution in [0.2, 0.25) is 5.02 Å². The van der Waals surface area contributed by atoms with Gasteiger partial charge in [0, 0.05) is 13.6 Å². The Morgan fingerprint density at radius 3 is 2.10 bits per heavy atom. The predicted octanol–water partition coefficient (Wildman–Crippen LogP) is 5.11. The van der Waals surface area contributed by atoms with E-state index in [1.54, 1.807) is 43.3 Å². The number of rotatable bonds is 10. The van der Waals surface area contributed by atoms with Gasteiger partial charge >= 0.3 is 6.18 Å². The Morgan fingerprint density at radius 1 is 0.974 bits per heavy atom. The molecule has 2 amide bonds. The lowest BCUT2D eigenvalue weighted by Gasteiger charge is -2.33. The van der Waals surface area contributed by atoms with Gasteiger partial charge in [-0.1, -0.05) is 67.1 Å². The van der Waals surface area contributed by atoms with Crippen LogP contribution in [0.4, 0.5) is 18.9 Å². The number of anilines is 1. The fourth-order valence-electron chi connectivity index (χ4n) is 4.00. The first-order valence-electron chi connectivity index (χ1n) is 11.9. The SMILES string of the molecule is CC[C@@H](C(=O)NC)N(Cc1ccccc1)C(=O)CN(c1ccc(Cl)c(C(F)(F)F)c1)S(=O)(=O)c1ccccc1. The molecule has 3 rings (SSSR count). The molecular weight excluding hydrogens is 555 g/mol. The summed E-state index contributed by atoms with van der Waals surface area (Å²) in [5.74, 6) is -1.25. The predicted molar refractivity (Wildman–Crippen MR) is 143 cm³/mol. The number of hydrogen-bond acceptors (Lipinski definition) is 4. The number of likely N-dealkylation sites (N-methyl/N-ethyl adjacent to an activating group) is 1. The van der Waals surface area contributed by atoms with E-state index in [0.717, 1.165) is 12.1 Å². The van der Waals surface area contributed by atoms with Crippen LogP contribution in [0.3, 0.4) is 0 Å². The van der Waals surface area contributed by atoms with Crippen molar-refractivity contribution < 1.29 is 31.2 Å². The molecule has 0 bridgehead atoms. The molecule has 39 heavy (non-hydrogen) atoms. The Hall–Kier alpha value is -3.57. The molecule has 0 fully saturated rings. The van der Waals surface area contributed by atoms with Crippen molar-refractivity contribution in [2.24, 2.45) is 0 Å². The molecule has 0 spiro atoms. The number of amides is 2. The Kier molecular flexibility index (Phi) is 9.63. The van der Waals surface area contributed by atoms with Crippen molar-refractivity contribution >= 4 is 39.1 Å². The molecule has 0 aliphatic rings. The van der Waals surface area contributed by atoms with E-state index in [9.17, 15) is 31.2 Å². The Bertz CT molecular complexity index is 1400. The van der Waals surface area contributed by atoms with Gasteiger partial charge in [0.05, 0.1) is 21.2 Å². The Morgan fingerprint density at radius 2 is 1.56 bits per heavy atom. The molecule has 0 saturated heterocycles. The zero-order valence-corrected chi connectivity index (χ0v) is 22.7. The summed E-state index contributed by atoms with van der Waals surface area (Å²) in [6.07, 6.45) is -4.66. The van der Waals surface area contributed by atoms with Crippen molar-refractivity contribution in [2.75, 3.05) is 17.9 Å². The molecule has 12 heteroatoms. The average Bonchev–Trinajstić information content (AvgIpc) is 2.92. The van der Waals surface area contributed by atoms with E-state index in [-0.39, 0.29) is 17.9 Å². The van der Waals surface area contributed by atoms with E-state index < -0.39 is 56.9 Å². The monoisotopic (exact) mass is 581 g/mol. The first kappa shape index (κ1) is 30.0. The maximum absolute atomic E-state index is 13.8. The molecular formula is C27H27ClF3N3O4S. The third-order valence-electron chi connectivity index (χ3n) is 5.98. The van der Waals surface area contributed by atoms with Gasteiger partial charge in [-0.25, -0.2) is 8.42 Å². The van der Waals surface area contributed by atoms with Gasteiger partial charge in [-0.15, -0.1) is 0 Å². The molecule has 7 nitrogen and oxygen atoms in total. The summed E-state index contributed by atoms with van der Waals surface area (Å²) in [6, 6.07) is 17.4. The smallest absolute Gasteiger partial charge is 0.357 e. The molecule has 3 aromatic carbocycles. The van der Waals surface area contributed by atoms with E-state index in [0.29, 0.717) is 15.9 Å². The lowest BCUT2D eigenvalue weighted by Crippen LogP contribution is -2.51. The van der Waals surface area contributed by atoms with Crippen LogP contribution in [-0.2, 0) is 32.3 Å². The van der Waals surface area contributed by atoms with Crippen molar-refractivity contribution in [2.45, 2.75) is 37.0 Å². The average molecular weight is 582 g/mol. The Labute approximate surface area is 230 Å². The summed E-state index contributed by atoms with van der Waals surface area (Å²) in [5, 5.41) is 1.88. The fourth-order valence-corrected chi connectivity index (χ4v) is 5.65. The summed E-state index contributed by atoms with van der Waals surface area (Å²) in [6.45, 7) is 0.800. The van der Waals surface area contributed by atoms with Crippen LogP contribution in [0, 0.1) is 0 Å². The van der Waals surface area contributed by atoms with E-state index in [1.807, 2.05) is 0 Å². The van der Waals surface area contributed by atoms with Crippen LogP contribution in [0.1, 0.15) is 24.5 Å². The number of sulfonamides is 1. The van der Waals surface area contributed by atoms with Gasteiger partial charge in [-0.2, -0.15) is 13.2 Å². The highest BCUT2D eigenvalue weighted by molar-refractivity contribution is 7.92. The van der Waals surface area contributed by atoms with Gasteiger partial charge in [0.15, 0.2) is 0 Å². The fraction of sp³-hybridized carbons (Fsp3) is 0.259. The second-order valence-corrected chi connectivity index (χ2v) is 10.8. The summed E-state index contributed by atoms with van der Waals surface area (Å²) < 4.78 is 68.9. The first-order chi connectivity index (χ1) is 18.4. The highest BCUT2D eigenvalue weighted by Gasteiger charge is 2.37. The maximum Gasteiger partial charge on any atom is 0.417 e. The molecule has 0 saturated carbocycles. The molecule has 0 radical (unpaired) electrons. The van der Waals surface area contributed by atoms with Crippen LogP contribution in [0.25, 0.3) is 0 Å². The van der Waals surface area contributed by atoms with Gasteiger partial charge in [-0.3, -0.25) is 13.9 Å². The lowest BCUT2D eigenvalue weighted by atomic mass is 10.1. The number of carbonyl (C=O) groups excluding carboxylic acids is 2. The van der Waals surface area contributed by atoms with Crippen LogP contribution in [-0.4, -0.2) is 44.8 Å². The third-order valence-corrected chi connectivity index (χ3v) is 8.10. The van der Waals surface area contributed by atoms with Crippen molar-refractivity contribution in [1.82, 2.24) is 10.2 Å². The lowest BCUT2D eigenvalue weighted by molar-refractivity contribution is -0.140. The molecule has 1 atom stereocenters. The maximum atomic E-state index is 13.8. The second kappa shape index (κ2) is 12.5. The number of carbonyl (C=O) groups is 2. The van der Waals surface area contributed by atoms with Crippen LogP contribution >= 0.6 is 11.6 Å². The van der Waals surface area contributed by atoms with Gasteiger partial charge in [0.1, 0.15) is 12.6 Å². The molecule has 0 aliphatic carbocycles. The highest BCUT2D eigenvalue weighted by Crippen LogP contribution is 2.38. The summed E-state index contributed by atoms with van der Waals surface area (Å²) >= 11 is 5.77. The molecule has 0 aliphatic heterocycles. The van der Waals surface area contributed by atoms with Crippen molar-refractivity contribution in [1.29, 1.82) is 0 Å². The number of alkyl halides is 3.